The number of rotatable bonds is 6. The summed E-state index contributed by atoms with van der Waals surface area (Å²) in [6.07, 6.45) is 0.00751. The van der Waals surface area contributed by atoms with Crippen LogP contribution in [0.4, 0.5) is 4.39 Å². The van der Waals surface area contributed by atoms with E-state index < -0.39 is 5.82 Å². The van der Waals surface area contributed by atoms with E-state index in [9.17, 15) is 9.18 Å². The minimum atomic E-state index is -0.473. The van der Waals surface area contributed by atoms with Gasteiger partial charge in [-0.05, 0) is 17.7 Å². The van der Waals surface area contributed by atoms with Crippen molar-refractivity contribution in [1.82, 2.24) is 0 Å². The third-order valence-electron chi connectivity index (χ3n) is 1.93. The van der Waals surface area contributed by atoms with Crippen molar-refractivity contribution in [2.45, 2.75) is 6.42 Å². The van der Waals surface area contributed by atoms with E-state index in [0.29, 0.717) is 23.7 Å². The number of ether oxygens (including phenoxy) is 1. The van der Waals surface area contributed by atoms with Gasteiger partial charge in [-0.1, -0.05) is 17.7 Å². The van der Waals surface area contributed by atoms with Gasteiger partial charge in [-0.25, -0.2) is 4.39 Å². The molecule has 1 rings (SSSR count). The van der Waals surface area contributed by atoms with Crippen molar-refractivity contribution in [2.75, 3.05) is 19.8 Å². The third kappa shape index (κ3) is 4.26. The smallest absolute Gasteiger partial charge is 0.162 e. The molecule has 0 radical (unpaired) electrons. The van der Waals surface area contributed by atoms with Gasteiger partial charge in [-0.3, -0.25) is 4.79 Å². The topological polar surface area (TPSA) is 52.3 Å². The average molecular weight is 246 g/mol. The second kappa shape index (κ2) is 6.58. The molecule has 0 saturated heterocycles. The number of hydrogen-bond acceptors (Lipinski definition) is 3. The maximum Gasteiger partial charge on any atom is 0.162 e. The molecule has 1 aromatic rings. The van der Waals surface area contributed by atoms with Crippen molar-refractivity contribution in [2.24, 2.45) is 5.73 Å². The first-order chi connectivity index (χ1) is 7.63. The maximum absolute atomic E-state index is 13.3. The number of halogens is 2. The van der Waals surface area contributed by atoms with Gasteiger partial charge >= 0.3 is 0 Å². The van der Waals surface area contributed by atoms with Crippen LogP contribution in [0, 0.1) is 5.82 Å². The molecule has 0 aromatic heterocycles. The van der Waals surface area contributed by atoms with Crippen LogP contribution < -0.4 is 5.73 Å². The lowest BCUT2D eigenvalue weighted by atomic mass is 10.1. The lowest BCUT2D eigenvalue weighted by Crippen LogP contribution is -2.16. The van der Waals surface area contributed by atoms with Crippen LogP contribution in [0.2, 0.25) is 5.02 Å². The Bertz CT molecular complexity index is 371. The summed E-state index contributed by atoms with van der Waals surface area (Å²) in [4.78, 5) is 11.4. The van der Waals surface area contributed by atoms with E-state index >= 15 is 0 Å². The zero-order chi connectivity index (χ0) is 12.0. The quantitative estimate of drug-likeness (QED) is 0.774. The highest BCUT2D eigenvalue weighted by Crippen LogP contribution is 2.15. The van der Waals surface area contributed by atoms with Gasteiger partial charge < -0.3 is 10.5 Å². The molecule has 0 bridgehead atoms. The first-order valence-corrected chi connectivity index (χ1v) is 5.24. The first-order valence-electron chi connectivity index (χ1n) is 4.87. The van der Waals surface area contributed by atoms with Crippen LogP contribution in [0.5, 0.6) is 0 Å². The molecule has 0 amide bonds. The van der Waals surface area contributed by atoms with Gasteiger partial charge in [0.2, 0.25) is 0 Å². The molecule has 0 fully saturated rings. The van der Waals surface area contributed by atoms with Crippen molar-refractivity contribution < 1.29 is 13.9 Å². The van der Waals surface area contributed by atoms with Crippen LogP contribution >= 0.6 is 11.6 Å². The van der Waals surface area contributed by atoms with E-state index in [1.54, 1.807) is 6.07 Å². The molecular weight excluding hydrogens is 233 g/mol. The molecule has 5 heteroatoms. The van der Waals surface area contributed by atoms with Crippen LogP contribution in [0.3, 0.4) is 0 Å². The molecule has 0 saturated carbocycles. The summed E-state index contributed by atoms with van der Waals surface area (Å²) in [6, 6.07) is 4.23. The summed E-state index contributed by atoms with van der Waals surface area (Å²) in [7, 11) is 0. The number of carbonyl (C=O) groups excluding carboxylic acids is 1. The SMILES string of the molecule is NCCOCC(=O)Cc1ccc(Cl)cc1F. The standard InChI is InChI=1S/C11H13ClFNO2/c12-9-2-1-8(11(13)6-9)5-10(15)7-16-4-3-14/h1-2,6H,3-5,7,14H2. The lowest BCUT2D eigenvalue weighted by Gasteiger charge is -2.04. The average Bonchev–Trinajstić information content (AvgIpc) is 2.23. The summed E-state index contributed by atoms with van der Waals surface area (Å²) in [5, 5.41) is 0.313. The Kier molecular flexibility index (Phi) is 5.38. The van der Waals surface area contributed by atoms with Crippen LogP contribution in [0.15, 0.2) is 18.2 Å². The molecule has 0 heterocycles. The Hall–Kier alpha value is -0.970. The van der Waals surface area contributed by atoms with Crippen molar-refractivity contribution in [3.05, 3.63) is 34.6 Å². The Balaban J connectivity index is 2.49. The zero-order valence-electron chi connectivity index (χ0n) is 8.71. The summed E-state index contributed by atoms with van der Waals surface area (Å²) in [5.74, 6) is -0.658. The fraction of sp³-hybridized carbons (Fsp3) is 0.364. The molecule has 0 aliphatic rings. The Morgan fingerprint density at radius 1 is 1.50 bits per heavy atom. The Labute approximate surface area is 98.3 Å². The summed E-state index contributed by atoms with van der Waals surface area (Å²) in [6.45, 7) is 0.649. The van der Waals surface area contributed by atoms with Crippen molar-refractivity contribution in [1.29, 1.82) is 0 Å². The van der Waals surface area contributed by atoms with E-state index in [2.05, 4.69) is 0 Å². The van der Waals surface area contributed by atoms with E-state index in [1.165, 1.54) is 12.1 Å². The molecule has 0 atom stereocenters. The van der Waals surface area contributed by atoms with E-state index in [0.717, 1.165) is 0 Å². The molecule has 1 aromatic carbocycles. The summed E-state index contributed by atoms with van der Waals surface area (Å²) in [5.41, 5.74) is 5.52. The Morgan fingerprint density at radius 2 is 2.25 bits per heavy atom. The highest BCUT2D eigenvalue weighted by atomic mass is 35.5. The van der Waals surface area contributed by atoms with Gasteiger partial charge in [0, 0.05) is 18.0 Å². The number of carbonyl (C=O) groups is 1. The number of ketones is 1. The van der Waals surface area contributed by atoms with Crippen LogP contribution in [0.25, 0.3) is 0 Å². The van der Waals surface area contributed by atoms with E-state index in [4.69, 9.17) is 22.1 Å². The Morgan fingerprint density at radius 3 is 2.88 bits per heavy atom. The molecule has 0 unspecified atom stereocenters. The second-order valence-electron chi connectivity index (χ2n) is 3.29. The minimum absolute atomic E-state index is 0.00751. The molecule has 0 spiro atoms. The zero-order valence-corrected chi connectivity index (χ0v) is 9.47. The maximum atomic E-state index is 13.3. The number of nitrogens with two attached hydrogens (primary N) is 1. The first kappa shape index (κ1) is 13.1. The molecule has 0 aliphatic heterocycles. The van der Waals surface area contributed by atoms with Crippen molar-refractivity contribution in [3.8, 4) is 0 Å². The second-order valence-corrected chi connectivity index (χ2v) is 3.73. The molecule has 0 aliphatic carbocycles. The number of Topliss-reactive ketones (excluding diaryl/α,β-unsaturated/α-hetero) is 1. The van der Waals surface area contributed by atoms with Gasteiger partial charge in [0.05, 0.1) is 6.61 Å². The van der Waals surface area contributed by atoms with Gasteiger partial charge in [0.25, 0.3) is 0 Å². The van der Waals surface area contributed by atoms with Gasteiger partial charge in [-0.15, -0.1) is 0 Å². The summed E-state index contributed by atoms with van der Waals surface area (Å²) < 4.78 is 18.3. The normalized spacial score (nSPS) is 10.4. The van der Waals surface area contributed by atoms with Crippen molar-refractivity contribution >= 4 is 17.4 Å². The fourth-order valence-electron chi connectivity index (χ4n) is 1.20. The van der Waals surface area contributed by atoms with Crippen LogP contribution in [-0.4, -0.2) is 25.5 Å². The third-order valence-corrected chi connectivity index (χ3v) is 2.16. The molecule has 88 valence electrons. The largest absolute Gasteiger partial charge is 0.372 e. The summed E-state index contributed by atoms with van der Waals surface area (Å²) >= 11 is 5.59. The predicted molar refractivity (Wildman–Crippen MR) is 60.0 cm³/mol. The van der Waals surface area contributed by atoms with Crippen LogP contribution in [0.1, 0.15) is 5.56 Å². The van der Waals surface area contributed by atoms with Gasteiger partial charge in [-0.2, -0.15) is 0 Å². The predicted octanol–water partition coefficient (Wildman–Crippen LogP) is 1.57. The monoisotopic (exact) mass is 245 g/mol. The van der Waals surface area contributed by atoms with Crippen LogP contribution in [-0.2, 0) is 16.0 Å². The van der Waals surface area contributed by atoms with Crippen molar-refractivity contribution in [3.63, 3.8) is 0 Å². The molecule has 16 heavy (non-hydrogen) atoms. The fourth-order valence-corrected chi connectivity index (χ4v) is 1.36. The highest BCUT2D eigenvalue weighted by molar-refractivity contribution is 6.30. The molecule has 2 N–H and O–H groups in total. The van der Waals surface area contributed by atoms with Gasteiger partial charge in [0.15, 0.2) is 5.78 Å². The van der Waals surface area contributed by atoms with E-state index in [1.807, 2.05) is 0 Å². The van der Waals surface area contributed by atoms with Gasteiger partial charge in [0.1, 0.15) is 12.4 Å². The lowest BCUT2D eigenvalue weighted by molar-refractivity contribution is -0.122. The minimum Gasteiger partial charge on any atom is -0.372 e. The molecular formula is C11H13ClFNO2. The number of hydrogen-bond donors (Lipinski definition) is 1. The van der Waals surface area contributed by atoms with E-state index in [-0.39, 0.29) is 18.8 Å². The number of benzene rings is 1. The highest BCUT2D eigenvalue weighted by Gasteiger charge is 2.08. The molecule has 3 nitrogen and oxygen atoms in total.